The highest BCUT2D eigenvalue weighted by atomic mass is 16.2. The van der Waals surface area contributed by atoms with Crippen molar-refractivity contribution in [3.63, 3.8) is 0 Å². The summed E-state index contributed by atoms with van der Waals surface area (Å²) in [5.41, 5.74) is 2.81. The number of hydrogen-bond donors (Lipinski definition) is 1. The maximum Gasteiger partial charge on any atom is 0.244 e. The van der Waals surface area contributed by atoms with E-state index in [-0.39, 0.29) is 18.4 Å². The van der Waals surface area contributed by atoms with Gasteiger partial charge in [0.2, 0.25) is 11.8 Å². The van der Waals surface area contributed by atoms with E-state index in [0.717, 1.165) is 16.8 Å². The molecule has 0 saturated carbocycles. The van der Waals surface area contributed by atoms with Crippen LogP contribution in [0, 0.1) is 0 Å². The molecule has 0 bridgehead atoms. The monoisotopic (exact) mass is 325 g/mol. The second-order valence-corrected chi connectivity index (χ2v) is 6.02. The van der Waals surface area contributed by atoms with Crippen LogP contribution in [0.3, 0.4) is 0 Å². The highest BCUT2D eigenvalue weighted by Crippen LogP contribution is 2.23. The molecule has 2 amide bonds. The largest absolute Gasteiger partial charge is 0.329 e. The van der Waals surface area contributed by atoms with Crippen molar-refractivity contribution in [3.05, 3.63) is 59.9 Å². The molecule has 0 fully saturated rings. The Labute approximate surface area is 142 Å². The average Bonchev–Trinajstić information content (AvgIpc) is 2.55. The van der Waals surface area contributed by atoms with Crippen molar-refractivity contribution in [3.8, 4) is 0 Å². The molecule has 2 aromatic rings. The molecule has 126 valence electrons. The number of rotatable bonds is 6. The second kappa shape index (κ2) is 8.24. The number of nitrogens with one attached hydrogen (secondary N) is 1. The first-order valence-electron chi connectivity index (χ1n) is 8.00. The lowest BCUT2D eigenvalue weighted by molar-refractivity contribution is -0.133. The molecule has 0 radical (unpaired) electrons. The van der Waals surface area contributed by atoms with E-state index in [2.05, 4.69) is 24.1 Å². The SMILES string of the molecule is CC(=O)N(CC(=O)Nc1ccccc1C(C)C)Cc1ccncc1. The summed E-state index contributed by atoms with van der Waals surface area (Å²) in [6.45, 7) is 6.03. The van der Waals surface area contributed by atoms with Crippen molar-refractivity contribution in [1.82, 2.24) is 9.88 Å². The van der Waals surface area contributed by atoms with Crippen molar-refractivity contribution in [2.45, 2.75) is 33.2 Å². The molecule has 1 aromatic heterocycles. The number of carbonyl (C=O) groups is 2. The van der Waals surface area contributed by atoms with Gasteiger partial charge in [-0.05, 0) is 35.2 Å². The fourth-order valence-electron chi connectivity index (χ4n) is 2.46. The molecule has 24 heavy (non-hydrogen) atoms. The lowest BCUT2D eigenvalue weighted by atomic mass is 10.0. The van der Waals surface area contributed by atoms with Gasteiger partial charge in [-0.2, -0.15) is 0 Å². The zero-order valence-corrected chi connectivity index (χ0v) is 14.3. The van der Waals surface area contributed by atoms with Gasteiger partial charge < -0.3 is 10.2 Å². The number of amides is 2. The fourth-order valence-corrected chi connectivity index (χ4v) is 2.46. The van der Waals surface area contributed by atoms with Crippen molar-refractivity contribution >= 4 is 17.5 Å². The van der Waals surface area contributed by atoms with Gasteiger partial charge in [0.15, 0.2) is 0 Å². The van der Waals surface area contributed by atoms with Gasteiger partial charge in [0.1, 0.15) is 6.54 Å². The Morgan fingerprint density at radius 3 is 2.42 bits per heavy atom. The molecule has 5 nitrogen and oxygen atoms in total. The van der Waals surface area contributed by atoms with Crippen LogP contribution < -0.4 is 5.32 Å². The lowest BCUT2D eigenvalue weighted by Gasteiger charge is -2.21. The Balaban J connectivity index is 2.05. The average molecular weight is 325 g/mol. The number of carbonyl (C=O) groups excluding carboxylic acids is 2. The predicted molar refractivity (Wildman–Crippen MR) is 94.5 cm³/mol. The van der Waals surface area contributed by atoms with Crippen LogP contribution in [0.15, 0.2) is 48.8 Å². The van der Waals surface area contributed by atoms with E-state index in [1.807, 2.05) is 36.4 Å². The lowest BCUT2D eigenvalue weighted by Crippen LogP contribution is -2.36. The molecular formula is C19H23N3O2. The Bertz CT molecular complexity index is 699. The summed E-state index contributed by atoms with van der Waals surface area (Å²) >= 11 is 0. The molecule has 0 spiro atoms. The predicted octanol–water partition coefficient (Wildman–Crippen LogP) is 3.19. The summed E-state index contributed by atoms with van der Waals surface area (Å²) in [6.07, 6.45) is 3.35. The van der Waals surface area contributed by atoms with Gasteiger partial charge in [0.05, 0.1) is 0 Å². The first-order valence-corrected chi connectivity index (χ1v) is 8.00. The number of anilines is 1. The summed E-state index contributed by atoms with van der Waals surface area (Å²) in [7, 11) is 0. The normalized spacial score (nSPS) is 10.5. The maximum absolute atomic E-state index is 12.4. The van der Waals surface area contributed by atoms with Gasteiger partial charge in [-0.25, -0.2) is 0 Å². The van der Waals surface area contributed by atoms with E-state index in [1.165, 1.54) is 11.8 Å². The van der Waals surface area contributed by atoms with Gasteiger partial charge >= 0.3 is 0 Å². The molecule has 1 heterocycles. The Kier molecular flexibility index (Phi) is 6.07. The quantitative estimate of drug-likeness (QED) is 0.887. The van der Waals surface area contributed by atoms with Crippen LogP contribution in [0.5, 0.6) is 0 Å². The number of hydrogen-bond acceptors (Lipinski definition) is 3. The molecule has 0 aliphatic rings. The number of pyridine rings is 1. The van der Waals surface area contributed by atoms with E-state index in [0.29, 0.717) is 12.5 Å². The molecule has 5 heteroatoms. The van der Waals surface area contributed by atoms with Crippen LogP contribution in [-0.2, 0) is 16.1 Å². The van der Waals surface area contributed by atoms with Crippen molar-refractivity contribution < 1.29 is 9.59 Å². The molecule has 2 rings (SSSR count). The van der Waals surface area contributed by atoms with Gasteiger partial charge in [-0.1, -0.05) is 32.0 Å². The summed E-state index contributed by atoms with van der Waals surface area (Å²) in [5.74, 6) is -0.0336. The third-order valence-corrected chi connectivity index (χ3v) is 3.76. The minimum Gasteiger partial charge on any atom is -0.329 e. The summed E-state index contributed by atoms with van der Waals surface area (Å²) < 4.78 is 0. The van der Waals surface area contributed by atoms with Gasteiger partial charge in [0, 0.05) is 31.5 Å². The zero-order valence-electron chi connectivity index (χ0n) is 14.3. The third kappa shape index (κ3) is 4.91. The fraction of sp³-hybridized carbons (Fsp3) is 0.316. The topological polar surface area (TPSA) is 62.3 Å². The van der Waals surface area contributed by atoms with E-state index < -0.39 is 0 Å². The molecule has 1 N–H and O–H groups in total. The first kappa shape index (κ1) is 17.7. The highest BCUT2D eigenvalue weighted by molar-refractivity contribution is 5.95. The molecule has 0 unspecified atom stereocenters. The Hall–Kier alpha value is -2.69. The van der Waals surface area contributed by atoms with E-state index in [4.69, 9.17) is 0 Å². The summed E-state index contributed by atoms with van der Waals surface area (Å²) in [4.78, 5) is 29.7. The Morgan fingerprint density at radius 1 is 1.12 bits per heavy atom. The molecule has 0 saturated heterocycles. The van der Waals surface area contributed by atoms with Crippen LogP contribution in [0.1, 0.15) is 37.8 Å². The maximum atomic E-state index is 12.4. The highest BCUT2D eigenvalue weighted by Gasteiger charge is 2.15. The Morgan fingerprint density at radius 2 is 1.79 bits per heavy atom. The van der Waals surface area contributed by atoms with Crippen LogP contribution in [-0.4, -0.2) is 28.2 Å². The van der Waals surface area contributed by atoms with E-state index in [9.17, 15) is 9.59 Å². The zero-order chi connectivity index (χ0) is 17.5. The molecule has 0 aliphatic carbocycles. The van der Waals surface area contributed by atoms with Crippen LogP contribution >= 0.6 is 0 Å². The van der Waals surface area contributed by atoms with Crippen LogP contribution in [0.2, 0.25) is 0 Å². The molecule has 0 aliphatic heterocycles. The first-order chi connectivity index (χ1) is 11.5. The molecule has 1 aromatic carbocycles. The summed E-state index contributed by atoms with van der Waals surface area (Å²) in [5, 5.41) is 2.92. The standard InChI is InChI=1S/C19H23N3O2/c1-14(2)17-6-4-5-7-18(17)21-19(24)13-22(15(3)23)12-16-8-10-20-11-9-16/h4-11,14H,12-13H2,1-3H3,(H,21,24). The van der Waals surface area contributed by atoms with Gasteiger partial charge in [0.25, 0.3) is 0 Å². The number of nitrogens with zero attached hydrogens (tertiary/aromatic N) is 2. The molecule has 0 atom stereocenters. The third-order valence-electron chi connectivity index (χ3n) is 3.76. The minimum absolute atomic E-state index is 0.0179. The number of benzene rings is 1. The van der Waals surface area contributed by atoms with Gasteiger partial charge in [-0.15, -0.1) is 0 Å². The summed E-state index contributed by atoms with van der Waals surface area (Å²) in [6, 6.07) is 11.4. The van der Waals surface area contributed by atoms with Crippen LogP contribution in [0.25, 0.3) is 0 Å². The van der Waals surface area contributed by atoms with Crippen molar-refractivity contribution in [1.29, 1.82) is 0 Å². The van der Waals surface area contributed by atoms with Gasteiger partial charge in [-0.3, -0.25) is 14.6 Å². The number of aromatic nitrogens is 1. The van der Waals surface area contributed by atoms with Crippen molar-refractivity contribution in [2.24, 2.45) is 0 Å². The van der Waals surface area contributed by atoms with E-state index in [1.54, 1.807) is 12.4 Å². The van der Waals surface area contributed by atoms with Crippen LogP contribution in [0.4, 0.5) is 5.69 Å². The minimum atomic E-state index is -0.202. The number of para-hydroxylation sites is 1. The second-order valence-electron chi connectivity index (χ2n) is 6.02. The van der Waals surface area contributed by atoms with Crippen molar-refractivity contribution in [2.75, 3.05) is 11.9 Å². The molecular weight excluding hydrogens is 302 g/mol. The van der Waals surface area contributed by atoms with E-state index >= 15 is 0 Å². The smallest absolute Gasteiger partial charge is 0.244 e.